The molecule has 0 atom stereocenters. The molecule has 0 radical (unpaired) electrons. The van der Waals surface area contributed by atoms with Crippen LogP contribution >= 0.6 is 0 Å². The number of hydrazine groups is 1. The van der Waals surface area contributed by atoms with Gasteiger partial charge in [-0.2, -0.15) is 0 Å². The van der Waals surface area contributed by atoms with E-state index >= 15 is 0 Å². The van der Waals surface area contributed by atoms with Crippen molar-refractivity contribution in [3.8, 4) is 5.75 Å². The predicted molar refractivity (Wildman–Crippen MR) is 125 cm³/mol. The number of hydrogen-bond donors (Lipinski definition) is 1. The Morgan fingerprint density at radius 1 is 1.03 bits per heavy atom. The minimum Gasteiger partial charge on any atom is -0.494 e. The zero-order valence-corrected chi connectivity index (χ0v) is 18.3. The van der Waals surface area contributed by atoms with E-state index in [9.17, 15) is 9.59 Å². The molecule has 1 fully saturated rings. The van der Waals surface area contributed by atoms with Crippen LogP contribution in [0.15, 0.2) is 64.4 Å². The Kier molecular flexibility index (Phi) is 7.64. The number of likely N-dealkylation sites (tertiary alicyclic amines) is 1. The Balaban J connectivity index is 1.24. The lowest BCUT2D eigenvalue weighted by Crippen LogP contribution is -2.46. The van der Waals surface area contributed by atoms with E-state index in [-0.39, 0.29) is 0 Å². The number of benzene rings is 1. The lowest BCUT2D eigenvalue weighted by Gasteiger charge is -2.26. The quantitative estimate of drug-likeness (QED) is 0.282. The molecular weight excluding hydrogens is 404 g/mol. The van der Waals surface area contributed by atoms with Gasteiger partial charge in [0.05, 0.1) is 13.2 Å². The van der Waals surface area contributed by atoms with Crippen molar-refractivity contribution in [1.82, 2.24) is 15.3 Å². The van der Waals surface area contributed by atoms with Gasteiger partial charge in [-0.15, -0.1) is 0 Å². The summed E-state index contributed by atoms with van der Waals surface area (Å²) in [6, 6.07) is 13.5. The van der Waals surface area contributed by atoms with Crippen molar-refractivity contribution in [2.24, 2.45) is 0 Å². The van der Waals surface area contributed by atoms with Gasteiger partial charge in [0.2, 0.25) is 10.9 Å². The number of ether oxygens (including phenoxy) is 1. The Hall–Kier alpha value is -3.03. The van der Waals surface area contributed by atoms with E-state index in [2.05, 4.69) is 27.4 Å². The molecule has 1 aliphatic rings. The van der Waals surface area contributed by atoms with E-state index in [0.717, 1.165) is 24.3 Å². The number of nitrogens with zero attached hydrogens (tertiary/aromatic N) is 3. The first kappa shape index (κ1) is 22.2. The summed E-state index contributed by atoms with van der Waals surface area (Å²) in [7, 11) is 0. The summed E-state index contributed by atoms with van der Waals surface area (Å²) in [6.45, 7) is 4.97. The molecule has 1 aliphatic heterocycles. The van der Waals surface area contributed by atoms with Gasteiger partial charge in [0.25, 0.3) is 0 Å². The molecule has 0 unspecified atom stereocenters. The van der Waals surface area contributed by atoms with Crippen molar-refractivity contribution in [1.29, 1.82) is 0 Å². The van der Waals surface area contributed by atoms with Gasteiger partial charge in [0, 0.05) is 31.5 Å². The molecule has 32 heavy (non-hydrogen) atoms. The normalized spacial score (nSPS) is 14.5. The second kappa shape index (κ2) is 11.0. The van der Waals surface area contributed by atoms with Crippen LogP contribution in [0.4, 0.5) is 5.69 Å². The summed E-state index contributed by atoms with van der Waals surface area (Å²) in [6.07, 6.45) is 8.14. The largest absolute Gasteiger partial charge is 0.494 e. The highest BCUT2D eigenvalue weighted by molar-refractivity contribution is 5.49. The molecule has 0 amide bonds. The monoisotopic (exact) mass is 434 g/mol. The third kappa shape index (κ3) is 6.02. The van der Waals surface area contributed by atoms with E-state index in [1.807, 2.05) is 24.3 Å². The first-order valence-electron chi connectivity index (χ1n) is 11.3. The lowest BCUT2D eigenvalue weighted by atomic mass is 10.1. The number of nitrogens with one attached hydrogen (secondary N) is 1. The molecule has 0 saturated carbocycles. The fraction of sp³-hybridized carbons (Fsp3) is 0.400. The molecule has 1 N–H and O–H groups in total. The molecule has 0 bridgehead atoms. The minimum atomic E-state index is -0.455. The van der Waals surface area contributed by atoms with Crippen molar-refractivity contribution in [3.63, 3.8) is 0 Å². The predicted octanol–water partition coefficient (Wildman–Crippen LogP) is 2.64. The molecular formula is C25H30N4O3. The molecule has 1 saturated heterocycles. The Labute approximate surface area is 188 Å². The maximum absolute atomic E-state index is 11.9. The molecule has 2 heterocycles. The van der Waals surface area contributed by atoms with Gasteiger partial charge in [-0.3, -0.25) is 24.5 Å². The van der Waals surface area contributed by atoms with E-state index in [1.54, 1.807) is 17.4 Å². The average Bonchev–Trinajstić information content (AvgIpc) is 2.83. The Bertz CT molecular complexity index is 1060. The molecule has 3 aromatic rings. The van der Waals surface area contributed by atoms with Crippen LogP contribution in [0.5, 0.6) is 5.75 Å². The van der Waals surface area contributed by atoms with Gasteiger partial charge in [-0.05, 0) is 61.7 Å². The van der Waals surface area contributed by atoms with Crippen LogP contribution in [-0.2, 0) is 13.1 Å². The molecule has 0 aliphatic carbocycles. The molecule has 7 heteroatoms. The fourth-order valence-corrected chi connectivity index (χ4v) is 3.99. The van der Waals surface area contributed by atoms with Gasteiger partial charge in [-0.1, -0.05) is 24.6 Å². The number of pyridine rings is 1. The molecule has 7 nitrogen and oxygen atoms in total. The van der Waals surface area contributed by atoms with E-state index < -0.39 is 10.9 Å². The minimum absolute atomic E-state index is 0.394. The molecule has 168 valence electrons. The van der Waals surface area contributed by atoms with Gasteiger partial charge in [0.15, 0.2) is 0 Å². The SMILES string of the molecule is O=c1cc(N(Cc2cccnc2)NCCCOc2cccc(CN3CCCCC3)c2)c1=O. The van der Waals surface area contributed by atoms with Crippen LogP contribution in [0.1, 0.15) is 36.8 Å². The topological polar surface area (TPSA) is 74.8 Å². The van der Waals surface area contributed by atoms with Crippen LogP contribution in [0.2, 0.25) is 0 Å². The first-order valence-corrected chi connectivity index (χ1v) is 11.3. The summed E-state index contributed by atoms with van der Waals surface area (Å²) >= 11 is 0. The van der Waals surface area contributed by atoms with Gasteiger partial charge in [0.1, 0.15) is 11.4 Å². The van der Waals surface area contributed by atoms with Crippen molar-refractivity contribution in [2.75, 3.05) is 31.3 Å². The maximum atomic E-state index is 11.9. The highest BCUT2D eigenvalue weighted by Crippen LogP contribution is 2.18. The smallest absolute Gasteiger partial charge is 0.250 e. The number of anilines is 1. The summed E-state index contributed by atoms with van der Waals surface area (Å²) < 4.78 is 5.95. The van der Waals surface area contributed by atoms with Gasteiger partial charge < -0.3 is 4.74 Å². The lowest BCUT2D eigenvalue weighted by molar-refractivity contribution is 0.220. The number of aromatic nitrogens is 1. The average molecular weight is 435 g/mol. The zero-order chi connectivity index (χ0) is 22.2. The molecule has 4 rings (SSSR count). The Morgan fingerprint density at radius 2 is 1.88 bits per heavy atom. The molecule has 1 aromatic heterocycles. The van der Waals surface area contributed by atoms with E-state index in [4.69, 9.17) is 4.74 Å². The molecule has 2 aromatic carbocycles. The summed E-state index contributed by atoms with van der Waals surface area (Å²) in [5, 5.41) is 1.72. The van der Waals surface area contributed by atoms with Gasteiger partial charge in [-0.25, -0.2) is 5.43 Å². The third-order valence-electron chi connectivity index (χ3n) is 5.72. The van der Waals surface area contributed by atoms with Crippen LogP contribution in [0.25, 0.3) is 0 Å². The third-order valence-corrected chi connectivity index (χ3v) is 5.72. The van der Waals surface area contributed by atoms with Crippen molar-refractivity contribution >= 4 is 5.69 Å². The van der Waals surface area contributed by atoms with E-state index in [0.29, 0.717) is 25.4 Å². The standard InChI is InChI=1S/C25H30N4O3/c30-24-16-23(25(24)31)29(19-21-8-5-10-26-17-21)27-11-6-14-32-22-9-4-7-20(15-22)18-28-12-2-1-3-13-28/h4-5,7-10,15-17,27H,1-3,6,11-14,18-19H2. The maximum Gasteiger partial charge on any atom is 0.250 e. The number of hydrogen-bond acceptors (Lipinski definition) is 7. The summed E-state index contributed by atoms with van der Waals surface area (Å²) in [5.41, 5.74) is 4.97. The number of rotatable bonds is 11. The van der Waals surface area contributed by atoms with Crippen molar-refractivity contribution < 1.29 is 4.74 Å². The van der Waals surface area contributed by atoms with E-state index in [1.165, 1.54) is 44.0 Å². The van der Waals surface area contributed by atoms with Crippen molar-refractivity contribution in [2.45, 2.75) is 38.8 Å². The summed E-state index contributed by atoms with van der Waals surface area (Å²) in [5.74, 6) is 0.884. The second-order valence-electron chi connectivity index (χ2n) is 8.26. The van der Waals surface area contributed by atoms with Crippen LogP contribution < -0.4 is 26.0 Å². The highest BCUT2D eigenvalue weighted by atomic mass is 16.5. The zero-order valence-electron chi connectivity index (χ0n) is 18.3. The van der Waals surface area contributed by atoms with Gasteiger partial charge >= 0.3 is 0 Å². The Morgan fingerprint density at radius 3 is 2.62 bits per heavy atom. The highest BCUT2D eigenvalue weighted by Gasteiger charge is 2.17. The van der Waals surface area contributed by atoms with Crippen molar-refractivity contribution in [3.05, 3.63) is 86.4 Å². The van der Waals surface area contributed by atoms with Crippen LogP contribution in [0, 0.1) is 0 Å². The first-order chi connectivity index (χ1) is 15.7. The summed E-state index contributed by atoms with van der Waals surface area (Å²) in [4.78, 5) is 29.9. The van der Waals surface area contributed by atoms with Crippen LogP contribution in [0.3, 0.4) is 0 Å². The molecule has 0 spiro atoms. The number of piperidine rings is 1. The fourth-order valence-electron chi connectivity index (χ4n) is 3.99. The van der Waals surface area contributed by atoms with Crippen LogP contribution in [-0.4, -0.2) is 36.1 Å². The second-order valence-corrected chi connectivity index (χ2v) is 8.26.